The van der Waals surface area contributed by atoms with Crippen LogP contribution in [0.2, 0.25) is 0 Å². The number of benzene rings is 5. The molecule has 1 aliphatic rings. The molecule has 1 amide bonds. The lowest BCUT2D eigenvalue weighted by molar-refractivity contribution is -0.141. The van der Waals surface area contributed by atoms with Crippen molar-refractivity contribution in [3.8, 4) is 28.7 Å². The van der Waals surface area contributed by atoms with Gasteiger partial charge in [-0.15, -0.1) is 23.1 Å². The molecule has 0 aliphatic carbocycles. The first-order chi connectivity index (χ1) is 28.4. The summed E-state index contributed by atoms with van der Waals surface area (Å²) in [5, 5.41) is 19.3. The van der Waals surface area contributed by atoms with Crippen LogP contribution in [0, 0.1) is 0 Å². The van der Waals surface area contributed by atoms with Crippen LogP contribution in [0.25, 0.3) is 10.2 Å². The number of carbonyl (C=O) groups excluding carboxylic acids is 2. The molecule has 2 heterocycles. The number of nitrogens with one attached hydrogen (secondary N) is 1. The molecule has 10 nitrogen and oxygen atoms in total. The average Bonchev–Trinajstić information content (AvgIpc) is 3.94. The Bertz CT molecular complexity index is 2270. The number of carbonyl (C=O) groups is 2. The lowest BCUT2D eigenvalue weighted by atomic mass is 10.2. The number of amides is 1. The van der Waals surface area contributed by atoms with E-state index in [1.54, 1.807) is 12.1 Å². The summed E-state index contributed by atoms with van der Waals surface area (Å²) in [4.78, 5) is 33.9. The van der Waals surface area contributed by atoms with E-state index in [2.05, 4.69) is 106 Å². The second-order valence-corrected chi connectivity index (χ2v) is 19.3. The lowest BCUT2D eigenvalue weighted by Crippen LogP contribution is -3.00. The Balaban J connectivity index is 0.00000585. The first-order valence-electron chi connectivity index (χ1n) is 19.1. The molecule has 5 aromatic carbocycles. The highest BCUT2D eigenvalue weighted by molar-refractivity contribution is 8.15. The van der Waals surface area contributed by atoms with Gasteiger partial charge in [0.2, 0.25) is 5.75 Å². The SMILES string of the molecule is COC(=O)[C@H]1CSC(c2nc3ccc(Oc4cc(OC)c(O)c(OCC(=O)NCCCCCC[P+](c5ccccc5)(c5ccccc5)c5ccccc5)c4)cc3s2)=N1.[Br-]. The van der Waals surface area contributed by atoms with Gasteiger partial charge in [-0.05, 0) is 67.8 Å². The maximum atomic E-state index is 12.8. The summed E-state index contributed by atoms with van der Waals surface area (Å²) in [6.45, 7) is 0.239. The van der Waals surface area contributed by atoms with Crippen LogP contribution in [0.5, 0.6) is 28.7 Å². The van der Waals surface area contributed by atoms with Gasteiger partial charge in [-0.3, -0.25) is 9.79 Å². The lowest BCUT2D eigenvalue weighted by Gasteiger charge is -2.27. The minimum absolute atomic E-state index is 0. The summed E-state index contributed by atoms with van der Waals surface area (Å²) >= 11 is 2.92. The van der Waals surface area contributed by atoms with Gasteiger partial charge in [0.1, 0.15) is 44.7 Å². The van der Waals surface area contributed by atoms with Crippen LogP contribution in [0.15, 0.2) is 126 Å². The van der Waals surface area contributed by atoms with Crippen molar-refractivity contribution < 1.29 is 50.6 Å². The number of methoxy groups -OCH3 is 2. The number of nitrogens with zero attached hydrogens (tertiary/aromatic N) is 2. The van der Waals surface area contributed by atoms with Crippen molar-refractivity contribution in [2.45, 2.75) is 31.7 Å². The molecule has 0 unspecified atom stereocenters. The van der Waals surface area contributed by atoms with Crippen molar-refractivity contribution in [3.05, 3.63) is 126 Å². The third-order valence-corrected chi connectivity index (χ3v) is 16.6. The van der Waals surface area contributed by atoms with Crippen LogP contribution in [-0.2, 0) is 14.3 Å². The van der Waals surface area contributed by atoms with Crippen LogP contribution in [0.4, 0.5) is 0 Å². The number of thioether (sulfide) groups is 1. The fraction of sp³-hybridized carbons (Fsp3) is 0.244. The normalized spacial score (nSPS) is 13.6. The van der Waals surface area contributed by atoms with Crippen molar-refractivity contribution in [3.63, 3.8) is 0 Å². The first-order valence-corrected chi connectivity index (χ1v) is 22.9. The monoisotopic (exact) mass is 913 g/mol. The van der Waals surface area contributed by atoms with Gasteiger partial charge < -0.3 is 46.4 Å². The Hall–Kier alpha value is -4.94. The standard InChI is InChI=1S/C45H44N3O7PS2.BrH/c1-52-38-26-32(55-31-22-23-36-40(28-31)58-44(47-36)43-48-37(30-57-43)45(51)53-2)27-39(42(38)50)54-29-41(49)46-24-14-3-4-15-25-56(33-16-8-5-9-17-33,34-18-10-6-11-19-34)35-20-12-7-13-21-35;/h5-13,16-23,26-28,37H,3-4,14-15,24-25,29-30H2,1-2H3,(H-,46,49,50);1H/t37-;/m1./s1. The third kappa shape index (κ3) is 10.4. The Morgan fingerprint density at radius 1 is 0.797 bits per heavy atom. The smallest absolute Gasteiger partial charge is 0.331 e. The van der Waals surface area contributed by atoms with Crippen LogP contribution >= 0.6 is 30.4 Å². The number of rotatable bonds is 18. The first kappa shape index (κ1) is 43.6. The van der Waals surface area contributed by atoms with Crippen molar-refractivity contribution in [2.75, 3.05) is 39.3 Å². The average molecular weight is 915 g/mol. The number of unbranched alkanes of at least 4 members (excludes halogenated alkanes) is 3. The second kappa shape index (κ2) is 20.8. The molecule has 0 radical (unpaired) electrons. The second-order valence-electron chi connectivity index (χ2n) is 13.6. The molecule has 0 fully saturated rings. The van der Waals surface area contributed by atoms with Crippen LogP contribution in [0.1, 0.15) is 30.7 Å². The van der Waals surface area contributed by atoms with Gasteiger partial charge in [-0.2, -0.15) is 0 Å². The summed E-state index contributed by atoms with van der Waals surface area (Å²) in [7, 11) is 0.931. The van der Waals surface area contributed by atoms with E-state index in [0.29, 0.717) is 28.8 Å². The topological polar surface area (TPSA) is 129 Å². The van der Waals surface area contributed by atoms with E-state index in [9.17, 15) is 14.7 Å². The van der Waals surface area contributed by atoms with Gasteiger partial charge in [0, 0.05) is 30.5 Å². The predicted molar refractivity (Wildman–Crippen MR) is 236 cm³/mol. The molecule has 0 spiro atoms. The molecule has 0 saturated carbocycles. The summed E-state index contributed by atoms with van der Waals surface area (Å²) in [5.41, 5.74) is 0.771. The summed E-state index contributed by atoms with van der Waals surface area (Å²) in [6, 6.07) is 40.8. The van der Waals surface area contributed by atoms with Crippen molar-refractivity contribution in [1.29, 1.82) is 0 Å². The largest absolute Gasteiger partial charge is 1.00 e. The maximum absolute atomic E-state index is 12.8. The number of halogens is 1. The van der Waals surface area contributed by atoms with Crippen LogP contribution < -0.4 is 52.4 Å². The van der Waals surface area contributed by atoms with E-state index >= 15 is 0 Å². The zero-order valence-corrected chi connectivity index (χ0v) is 36.8. The molecule has 14 heteroatoms. The van der Waals surface area contributed by atoms with Crippen LogP contribution in [0.3, 0.4) is 0 Å². The number of phenols is 1. The zero-order valence-electron chi connectivity index (χ0n) is 32.7. The summed E-state index contributed by atoms with van der Waals surface area (Å²) in [5.74, 6) is 0.716. The number of fused-ring (bicyclic) bond motifs is 1. The van der Waals surface area contributed by atoms with E-state index in [-0.39, 0.29) is 52.7 Å². The molecule has 1 aliphatic heterocycles. The Labute approximate surface area is 363 Å². The van der Waals surface area contributed by atoms with Gasteiger partial charge in [0.15, 0.2) is 24.1 Å². The maximum Gasteiger partial charge on any atom is 0.331 e. The Morgan fingerprint density at radius 3 is 2.05 bits per heavy atom. The molecule has 2 N–H and O–H groups in total. The number of aromatic nitrogens is 1. The molecule has 6 aromatic rings. The van der Waals surface area contributed by atoms with Gasteiger partial charge in [0.25, 0.3) is 5.91 Å². The molecule has 0 saturated heterocycles. The fourth-order valence-corrected chi connectivity index (χ4v) is 13.5. The molecular formula is C45H45BrN3O7PS2. The van der Waals surface area contributed by atoms with Crippen molar-refractivity contribution >= 4 is 73.4 Å². The molecule has 306 valence electrons. The molecule has 1 aromatic heterocycles. The number of thiazole rings is 1. The third-order valence-electron chi connectivity index (χ3n) is 9.83. The number of ether oxygens (including phenoxy) is 4. The highest BCUT2D eigenvalue weighted by Crippen LogP contribution is 2.56. The molecule has 1 atom stereocenters. The van der Waals surface area contributed by atoms with Gasteiger partial charge in [-0.25, -0.2) is 9.78 Å². The van der Waals surface area contributed by atoms with E-state index in [4.69, 9.17) is 18.9 Å². The molecule has 59 heavy (non-hydrogen) atoms. The number of hydrogen-bond donors (Lipinski definition) is 2. The summed E-state index contributed by atoms with van der Waals surface area (Å²) < 4.78 is 23.0. The quantitative estimate of drug-likeness (QED) is 0.0705. The Morgan fingerprint density at radius 2 is 1.42 bits per heavy atom. The minimum Gasteiger partial charge on any atom is -1.00 e. The van der Waals surface area contributed by atoms with Crippen molar-refractivity contribution in [2.24, 2.45) is 4.99 Å². The predicted octanol–water partition coefficient (Wildman–Crippen LogP) is 4.89. The number of phenolic OH excluding ortho intramolecular Hbond substituents is 1. The highest BCUT2D eigenvalue weighted by Gasteiger charge is 2.44. The van der Waals surface area contributed by atoms with E-state index in [0.717, 1.165) is 47.1 Å². The number of hydrogen-bond acceptors (Lipinski definition) is 11. The summed E-state index contributed by atoms with van der Waals surface area (Å²) in [6.07, 6.45) is 5.00. The number of aromatic hydroxyl groups is 1. The zero-order chi connectivity index (χ0) is 40.3. The van der Waals surface area contributed by atoms with Crippen LogP contribution in [-0.4, -0.2) is 72.3 Å². The molecular weight excluding hydrogens is 870 g/mol. The van der Waals surface area contributed by atoms with Gasteiger partial charge in [-0.1, -0.05) is 61.0 Å². The minimum atomic E-state index is -1.86. The fourth-order valence-electron chi connectivity index (χ4n) is 6.96. The molecule has 0 bridgehead atoms. The van der Waals surface area contributed by atoms with Gasteiger partial charge >= 0.3 is 5.97 Å². The van der Waals surface area contributed by atoms with E-state index in [1.807, 2.05) is 12.1 Å². The number of esters is 1. The van der Waals surface area contributed by atoms with Gasteiger partial charge in [0.05, 0.1) is 30.6 Å². The van der Waals surface area contributed by atoms with Crippen molar-refractivity contribution in [1.82, 2.24) is 10.3 Å². The molecule has 7 rings (SSSR count). The van der Waals surface area contributed by atoms with E-state index in [1.165, 1.54) is 59.3 Å². The highest BCUT2D eigenvalue weighted by atomic mass is 79.9. The van der Waals surface area contributed by atoms with E-state index < -0.39 is 13.3 Å². The number of aliphatic imine (C=N–C) groups is 1. The Kier molecular flexibility index (Phi) is 15.4.